The molecule has 1 aromatic carbocycles. The van der Waals surface area contributed by atoms with Crippen LogP contribution in [0, 0.1) is 11.7 Å². The fraction of sp³-hybridized carbons (Fsp3) is 0.455. The summed E-state index contributed by atoms with van der Waals surface area (Å²) in [6, 6.07) is 2.96. The maximum Gasteiger partial charge on any atom is 0.167 e. The summed E-state index contributed by atoms with van der Waals surface area (Å²) in [5, 5.41) is 0. The molecule has 0 aliphatic heterocycles. The average molecular weight is 229 g/mol. The van der Waals surface area contributed by atoms with Crippen LogP contribution in [0.2, 0.25) is 0 Å². The topological polar surface area (TPSA) is 35.2 Å². The van der Waals surface area contributed by atoms with Crippen LogP contribution in [0.5, 0.6) is 5.75 Å². The molecule has 0 saturated heterocycles. The minimum absolute atomic E-state index is 0.246. The van der Waals surface area contributed by atoms with E-state index in [1.807, 2.05) is 0 Å². The van der Waals surface area contributed by atoms with Crippen molar-refractivity contribution < 1.29 is 9.13 Å². The first kappa shape index (κ1) is 12.2. The van der Waals surface area contributed by atoms with E-state index in [9.17, 15) is 4.39 Å². The number of nitrogens with two attached hydrogens (primary N) is 1. The van der Waals surface area contributed by atoms with Crippen molar-refractivity contribution >= 4 is 17.4 Å². The Hall–Kier alpha value is -0.900. The minimum atomic E-state index is -0.413. The lowest BCUT2D eigenvalue weighted by Crippen LogP contribution is -1.96. The molecule has 0 aromatic heterocycles. The standard InChI is InChI=1S/C11H16FNOS/c1-7(2)6-15-11-5-10(14-3)8(12)4-9(11)13/h4-5,7H,6,13H2,1-3H3. The highest BCUT2D eigenvalue weighted by atomic mass is 32.2. The quantitative estimate of drug-likeness (QED) is 0.636. The summed E-state index contributed by atoms with van der Waals surface area (Å²) in [5.74, 6) is 1.36. The predicted molar refractivity (Wildman–Crippen MR) is 62.9 cm³/mol. The van der Waals surface area contributed by atoms with E-state index in [-0.39, 0.29) is 5.75 Å². The summed E-state index contributed by atoms with van der Waals surface area (Å²) in [6.07, 6.45) is 0. The van der Waals surface area contributed by atoms with Crippen LogP contribution >= 0.6 is 11.8 Å². The molecule has 0 aliphatic rings. The van der Waals surface area contributed by atoms with Crippen LogP contribution in [0.4, 0.5) is 10.1 Å². The Labute approximate surface area is 94.0 Å². The Bertz CT molecular complexity index is 342. The lowest BCUT2D eigenvalue weighted by atomic mass is 10.3. The largest absolute Gasteiger partial charge is 0.494 e. The van der Waals surface area contributed by atoms with Gasteiger partial charge in [0.05, 0.1) is 7.11 Å². The Morgan fingerprint density at radius 2 is 2.13 bits per heavy atom. The monoisotopic (exact) mass is 229 g/mol. The Morgan fingerprint density at radius 3 is 2.67 bits per heavy atom. The van der Waals surface area contributed by atoms with Crippen molar-refractivity contribution in [2.75, 3.05) is 18.6 Å². The number of hydrogen-bond donors (Lipinski definition) is 1. The molecule has 15 heavy (non-hydrogen) atoms. The van der Waals surface area contributed by atoms with Gasteiger partial charge >= 0.3 is 0 Å². The van der Waals surface area contributed by atoms with Gasteiger partial charge in [-0.3, -0.25) is 0 Å². The van der Waals surface area contributed by atoms with E-state index in [4.69, 9.17) is 10.5 Å². The van der Waals surface area contributed by atoms with Crippen molar-refractivity contribution in [1.82, 2.24) is 0 Å². The number of halogens is 1. The van der Waals surface area contributed by atoms with Crippen LogP contribution in [0.3, 0.4) is 0 Å². The van der Waals surface area contributed by atoms with Gasteiger partial charge in [0.25, 0.3) is 0 Å². The van der Waals surface area contributed by atoms with Gasteiger partial charge in [0, 0.05) is 22.4 Å². The Kier molecular flexibility index (Phi) is 4.27. The van der Waals surface area contributed by atoms with Gasteiger partial charge in [-0.1, -0.05) is 13.8 Å². The number of hydrogen-bond acceptors (Lipinski definition) is 3. The van der Waals surface area contributed by atoms with E-state index in [2.05, 4.69) is 13.8 Å². The molecule has 84 valence electrons. The number of benzene rings is 1. The smallest absolute Gasteiger partial charge is 0.167 e. The predicted octanol–water partition coefficient (Wildman–Crippen LogP) is 3.16. The number of anilines is 1. The first-order chi connectivity index (χ1) is 7.04. The fourth-order valence-electron chi connectivity index (χ4n) is 1.09. The zero-order valence-electron chi connectivity index (χ0n) is 9.21. The van der Waals surface area contributed by atoms with Gasteiger partial charge in [-0.25, -0.2) is 4.39 Å². The number of ether oxygens (including phenoxy) is 1. The van der Waals surface area contributed by atoms with Gasteiger partial charge in [-0.05, 0) is 12.0 Å². The van der Waals surface area contributed by atoms with Crippen molar-refractivity contribution in [2.24, 2.45) is 5.92 Å². The van der Waals surface area contributed by atoms with Crippen LogP contribution < -0.4 is 10.5 Å². The highest BCUT2D eigenvalue weighted by Crippen LogP contribution is 2.32. The zero-order chi connectivity index (χ0) is 11.4. The third-order valence-electron chi connectivity index (χ3n) is 1.86. The molecular formula is C11H16FNOS. The van der Waals surface area contributed by atoms with E-state index in [1.165, 1.54) is 13.2 Å². The van der Waals surface area contributed by atoms with Crippen molar-refractivity contribution in [3.8, 4) is 5.75 Å². The summed E-state index contributed by atoms with van der Waals surface area (Å²) in [4.78, 5) is 0.877. The summed E-state index contributed by atoms with van der Waals surface area (Å²) in [5.41, 5.74) is 6.19. The summed E-state index contributed by atoms with van der Waals surface area (Å²) in [7, 11) is 1.45. The normalized spacial score (nSPS) is 10.7. The molecule has 2 N–H and O–H groups in total. The van der Waals surface area contributed by atoms with Crippen molar-refractivity contribution in [3.63, 3.8) is 0 Å². The second kappa shape index (κ2) is 5.26. The van der Waals surface area contributed by atoms with Crippen molar-refractivity contribution in [2.45, 2.75) is 18.7 Å². The Balaban J connectivity index is 2.87. The summed E-state index contributed by atoms with van der Waals surface area (Å²) in [6.45, 7) is 4.26. The third-order valence-corrected chi connectivity index (χ3v) is 3.35. The van der Waals surface area contributed by atoms with Crippen LogP contribution in [0.1, 0.15) is 13.8 Å². The van der Waals surface area contributed by atoms with Crippen molar-refractivity contribution in [3.05, 3.63) is 17.9 Å². The lowest BCUT2D eigenvalue weighted by Gasteiger charge is -2.10. The second-order valence-electron chi connectivity index (χ2n) is 3.73. The van der Waals surface area contributed by atoms with Crippen LogP contribution in [0.25, 0.3) is 0 Å². The van der Waals surface area contributed by atoms with Crippen LogP contribution in [-0.2, 0) is 0 Å². The van der Waals surface area contributed by atoms with Crippen molar-refractivity contribution in [1.29, 1.82) is 0 Å². The van der Waals surface area contributed by atoms with E-state index in [1.54, 1.807) is 17.8 Å². The average Bonchev–Trinajstić information content (AvgIpc) is 2.16. The third kappa shape index (κ3) is 3.30. The molecular weight excluding hydrogens is 213 g/mol. The number of thioether (sulfide) groups is 1. The highest BCUT2D eigenvalue weighted by molar-refractivity contribution is 7.99. The number of rotatable bonds is 4. The molecule has 0 spiro atoms. The number of nitrogen functional groups attached to an aromatic ring is 1. The molecule has 0 bridgehead atoms. The van der Waals surface area contributed by atoms with Gasteiger partial charge in [-0.15, -0.1) is 11.8 Å². The van der Waals surface area contributed by atoms with Crippen LogP contribution in [-0.4, -0.2) is 12.9 Å². The van der Waals surface area contributed by atoms with Gasteiger partial charge in [-0.2, -0.15) is 0 Å². The molecule has 1 aromatic rings. The maximum absolute atomic E-state index is 13.2. The summed E-state index contributed by atoms with van der Waals surface area (Å²) >= 11 is 1.62. The summed E-state index contributed by atoms with van der Waals surface area (Å²) < 4.78 is 18.1. The van der Waals surface area contributed by atoms with E-state index < -0.39 is 5.82 Å². The zero-order valence-corrected chi connectivity index (χ0v) is 10.0. The van der Waals surface area contributed by atoms with E-state index >= 15 is 0 Å². The van der Waals surface area contributed by atoms with E-state index in [0.717, 1.165) is 10.6 Å². The molecule has 0 fully saturated rings. The minimum Gasteiger partial charge on any atom is -0.494 e. The molecule has 0 saturated carbocycles. The number of methoxy groups -OCH3 is 1. The highest BCUT2D eigenvalue weighted by Gasteiger charge is 2.09. The molecule has 4 heteroatoms. The Morgan fingerprint density at radius 1 is 1.47 bits per heavy atom. The van der Waals surface area contributed by atoms with Gasteiger partial charge < -0.3 is 10.5 Å². The van der Waals surface area contributed by atoms with E-state index in [0.29, 0.717) is 11.6 Å². The molecule has 0 amide bonds. The molecule has 0 aliphatic carbocycles. The van der Waals surface area contributed by atoms with Gasteiger partial charge in [0.2, 0.25) is 0 Å². The van der Waals surface area contributed by atoms with Gasteiger partial charge in [0.15, 0.2) is 11.6 Å². The molecule has 0 atom stereocenters. The SMILES string of the molecule is COc1cc(SCC(C)C)c(N)cc1F. The maximum atomic E-state index is 13.2. The second-order valence-corrected chi connectivity index (χ2v) is 4.79. The van der Waals surface area contributed by atoms with Gasteiger partial charge in [0.1, 0.15) is 0 Å². The van der Waals surface area contributed by atoms with Crippen LogP contribution in [0.15, 0.2) is 17.0 Å². The molecule has 0 radical (unpaired) electrons. The molecule has 0 unspecified atom stereocenters. The molecule has 1 rings (SSSR count). The first-order valence-electron chi connectivity index (χ1n) is 4.80. The lowest BCUT2D eigenvalue weighted by molar-refractivity contribution is 0.385. The fourth-order valence-corrected chi connectivity index (χ4v) is 2.02. The molecule has 0 heterocycles. The first-order valence-corrected chi connectivity index (χ1v) is 5.79. The molecule has 2 nitrogen and oxygen atoms in total.